The number of methoxy groups -OCH3 is 1. The lowest BCUT2D eigenvalue weighted by Crippen LogP contribution is -2.39. The summed E-state index contributed by atoms with van der Waals surface area (Å²) < 4.78 is 35.6. The summed E-state index contributed by atoms with van der Waals surface area (Å²) in [5.41, 5.74) is 4.60. The summed E-state index contributed by atoms with van der Waals surface area (Å²) in [6.07, 6.45) is 11.0. The first-order chi connectivity index (χ1) is 18.5. The van der Waals surface area contributed by atoms with E-state index in [2.05, 4.69) is 26.6 Å². The molecular formula is C28H28F2N6O2. The van der Waals surface area contributed by atoms with Gasteiger partial charge < -0.3 is 10.1 Å². The Balaban J connectivity index is 1.52. The summed E-state index contributed by atoms with van der Waals surface area (Å²) in [6, 6.07) is 11.8. The number of imidazole rings is 1. The molecule has 38 heavy (non-hydrogen) atoms. The van der Waals surface area contributed by atoms with Crippen LogP contribution in [0.4, 0.5) is 14.6 Å². The minimum Gasteiger partial charge on any atom is -0.494 e. The second-order valence-corrected chi connectivity index (χ2v) is 8.60. The number of aromatic nitrogens is 3. The highest BCUT2D eigenvalue weighted by Gasteiger charge is 2.20. The van der Waals surface area contributed by atoms with E-state index < -0.39 is 11.6 Å². The predicted molar refractivity (Wildman–Crippen MR) is 141 cm³/mol. The van der Waals surface area contributed by atoms with E-state index in [0.29, 0.717) is 35.8 Å². The highest BCUT2D eigenvalue weighted by molar-refractivity contribution is 5.94. The molecule has 0 bridgehead atoms. The average molecular weight is 519 g/mol. The van der Waals surface area contributed by atoms with Crippen LogP contribution in [0, 0.1) is 29.9 Å². The van der Waals surface area contributed by atoms with Crippen LogP contribution in [0.2, 0.25) is 0 Å². The van der Waals surface area contributed by atoms with Crippen molar-refractivity contribution in [1.29, 1.82) is 0 Å². The van der Waals surface area contributed by atoms with Gasteiger partial charge in [0.15, 0.2) is 23.0 Å². The fourth-order valence-corrected chi connectivity index (χ4v) is 4.07. The number of hydrazine groups is 1. The average Bonchev–Trinajstić information content (AvgIpc) is 3.37. The normalized spacial score (nSPS) is 11.8. The zero-order chi connectivity index (χ0) is 27.1. The van der Waals surface area contributed by atoms with E-state index in [9.17, 15) is 13.6 Å². The molecule has 4 aromatic rings. The van der Waals surface area contributed by atoms with Crippen LogP contribution in [0.15, 0.2) is 61.1 Å². The Morgan fingerprint density at radius 3 is 2.68 bits per heavy atom. The molecule has 2 N–H and O–H groups in total. The Hall–Kier alpha value is -4.49. The van der Waals surface area contributed by atoms with Crippen LogP contribution in [-0.2, 0) is 0 Å². The number of ether oxygens (including phenoxy) is 1. The quantitative estimate of drug-likeness (QED) is 0.226. The largest absolute Gasteiger partial charge is 0.494 e. The minimum atomic E-state index is -1.07. The molecule has 2 heterocycles. The highest BCUT2D eigenvalue weighted by Crippen LogP contribution is 2.31. The maximum Gasteiger partial charge on any atom is 0.251 e. The molecule has 0 aliphatic carbocycles. The van der Waals surface area contributed by atoms with Gasteiger partial charge in [-0.3, -0.25) is 14.6 Å². The Morgan fingerprint density at radius 2 is 1.97 bits per heavy atom. The lowest BCUT2D eigenvalue weighted by Gasteiger charge is -2.26. The van der Waals surface area contributed by atoms with Crippen LogP contribution in [0.1, 0.15) is 23.7 Å². The number of rotatable bonds is 11. The molecule has 0 saturated heterocycles. The molecule has 0 aliphatic heterocycles. The van der Waals surface area contributed by atoms with Gasteiger partial charge in [0.05, 0.1) is 25.5 Å². The molecular weight excluding hydrogens is 490 g/mol. The SMILES string of the molecule is C#CCN(CC(CC)CNC(=O)c1ccccc1)Nc1nccn2c(-c3ccc(OC)c(F)c3F)cnc12. The fraction of sp³-hybridized carbons (Fsp3) is 0.250. The monoisotopic (exact) mass is 518 g/mol. The van der Waals surface area contributed by atoms with Crippen LogP contribution >= 0.6 is 0 Å². The van der Waals surface area contributed by atoms with Crippen molar-refractivity contribution in [3.05, 3.63) is 78.3 Å². The molecule has 0 aliphatic rings. The molecule has 0 fully saturated rings. The number of anilines is 1. The third kappa shape index (κ3) is 5.74. The Kier molecular flexibility index (Phi) is 8.51. The Bertz CT molecular complexity index is 1450. The first kappa shape index (κ1) is 26.6. The molecule has 0 saturated carbocycles. The number of carbonyl (C=O) groups is 1. The third-order valence-electron chi connectivity index (χ3n) is 6.16. The van der Waals surface area contributed by atoms with Gasteiger partial charge in [0.1, 0.15) is 0 Å². The molecule has 4 rings (SSSR count). The molecule has 2 aromatic heterocycles. The van der Waals surface area contributed by atoms with Crippen LogP contribution in [0.3, 0.4) is 0 Å². The molecule has 196 valence electrons. The fourth-order valence-electron chi connectivity index (χ4n) is 4.07. The van der Waals surface area contributed by atoms with E-state index in [-0.39, 0.29) is 29.7 Å². The molecule has 8 nitrogen and oxygen atoms in total. The smallest absolute Gasteiger partial charge is 0.251 e. The molecule has 0 spiro atoms. The lowest BCUT2D eigenvalue weighted by molar-refractivity contribution is 0.0943. The topological polar surface area (TPSA) is 83.8 Å². The van der Waals surface area contributed by atoms with E-state index in [1.807, 2.05) is 30.1 Å². The molecule has 1 unspecified atom stereocenters. The van der Waals surface area contributed by atoms with Gasteiger partial charge in [0.25, 0.3) is 5.91 Å². The van der Waals surface area contributed by atoms with Crippen molar-refractivity contribution in [2.75, 3.05) is 32.2 Å². The molecule has 2 aromatic carbocycles. The number of halogens is 2. The van der Waals surface area contributed by atoms with E-state index in [1.54, 1.807) is 22.7 Å². The number of benzene rings is 2. The van der Waals surface area contributed by atoms with Crippen molar-refractivity contribution >= 4 is 17.4 Å². The van der Waals surface area contributed by atoms with E-state index in [1.165, 1.54) is 31.6 Å². The summed E-state index contributed by atoms with van der Waals surface area (Å²) in [4.78, 5) is 21.2. The maximum absolute atomic E-state index is 14.8. The van der Waals surface area contributed by atoms with Crippen molar-refractivity contribution in [2.24, 2.45) is 5.92 Å². The number of nitrogens with zero attached hydrogens (tertiary/aromatic N) is 4. The van der Waals surface area contributed by atoms with Crippen molar-refractivity contribution in [3.63, 3.8) is 0 Å². The number of terminal acetylenes is 1. The van der Waals surface area contributed by atoms with Gasteiger partial charge in [-0.15, -0.1) is 6.42 Å². The maximum atomic E-state index is 14.8. The van der Waals surface area contributed by atoms with Crippen molar-refractivity contribution in [2.45, 2.75) is 13.3 Å². The van der Waals surface area contributed by atoms with Gasteiger partial charge in [0.2, 0.25) is 5.82 Å². The van der Waals surface area contributed by atoms with Gasteiger partial charge in [0, 0.05) is 36.6 Å². The zero-order valence-corrected chi connectivity index (χ0v) is 21.1. The van der Waals surface area contributed by atoms with Crippen LogP contribution in [0.25, 0.3) is 16.9 Å². The Morgan fingerprint density at radius 1 is 1.18 bits per heavy atom. The summed E-state index contributed by atoms with van der Waals surface area (Å²) >= 11 is 0. The first-order valence-electron chi connectivity index (χ1n) is 12.1. The predicted octanol–water partition coefficient (Wildman–Crippen LogP) is 4.40. The van der Waals surface area contributed by atoms with E-state index in [0.717, 1.165) is 6.42 Å². The van der Waals surface area contributed by atoms with Crippen molar-refractivity contribution in [1.82, 2.24) is 24.7 Å². The summed E-state index contributed by atoms with van der Waals surface area (Å²) in [7, 11) is 1.28. The number of nitrogens with one attached hydrogen (secondary N) is 2. The van der Waals surface area contributed by atoms with Crippen LogP contribution < -0.4 is 15.5 Å². The second kappa shape index (κ2) is 12.2. The summed E-state index contributed by atoms with van der Waals surface area (Å²) in [6.45, 7) is 3.28. The number of amides is 1. The van der Waals surface area contributed by atoms with Gasteiger partial charge >= 0.3 is 0 Å². The van der Waals surface area contributed by atoms with Crippen molar-refractivity contribution in [3.8, 4) is 29.4 Å². The van der Waals surface area contributed by atoms with E-state index in [4.69, 9.17) is 11.2 Å². The molecule has 10 heteroatoms. The summed E-state index contributed by atoms with van der Waals surface area (Å²) in [5.74, 6) is 0.692. The number of hydrogen-bond acceptors (Lipinski definition) is 6. The van der Waals surface area contributed by atoms with Gasteiger partial charge in [-0.25, -0.2) is 19.4 Å². The third-order valence-corrected chi connectivity index (χ3v) is 6.16. The Labute approximate surface area is 219 Å². The van der Waals surface area contributed by atoms with Crippen LogP contribution in [-0.4, -0.2) is 52.0 Å². The number of fused-ring (bicyclic) bond motifs is 1. The molecule has 0 radical (unpaired) electrons. The zero-order valence-electron chi connectivity index (χ0n) is 21.1. The molecule has 1 atom stereocenters. The second-order valence-electron chi connectivity index (χ2n) is 8.60. The minimum absolute atomic E-state index is 0.0358. The standard InChI is InChI=1S/C28H28F2N6O2/c1-4-14-35(18-19(5-2)16-33-28(37)20-9-7-6-8-10-20)34-26-27-32-17-22(36(27)15-13-31-26)21-11-12-23(38-3)25(30)24(21)29/h1,6-13,15,17,19H,5,14,16,18H2,2-3H3,(H,31,34)(H,33,37). The summed E-state index contributed by atoms with van der Waals surface area (Å²) in [5, 5.41) is 4.79. The van der Waals surface area contributed by atoms with Gasteiger partial charge in [-0.2, -0.15) is 4.39 Å². The van der Waals surface area contributed by atoms with E-state index >= 15 is 0 Å². The number of carbonyl (C=O) groups excluding carboxylic acids is 1. The van der Waals surface area contributed by atoms with Gasteiger partial charge in [-0.05, 0) is 30.2 Å². The lowest BCUT2D eigenvalue weighted by atomic mass is 10.1. The highest BCUT2D eigenvalue weighted by atomic mass is 19.2. The van der Waals surface area contributed by atoms with Crippen molar-refractivity contribution < 1.29 is 18.3 Å². The van der Waals surface area contributed by atoms with Gasteiger partial charge in [-0.1, -0.05) is 37.5 Å². The number of hydrogen-bond donors (Lipinski definition) is 2. The van der Waals surface area contributed by atoms with Crippen LogP contribution in [0.5, 0.6) is 5.75 Å². The molecule has 1 amide bonds. The first-order valence-corrected chi connectivity index (χ1v) is 12.1.